The van der Waals surface area contributed by atoms with Crippen LogP contribution in [0.1, 0.15) is 53.4 Å². The number of nitrogens with zero attached hydrogens (tertiary/aromatic N) is 4. The minimum Gasteiger partial charge on any atom is -0.461 e. The molecule has 1 aliphatic carbocycles. The van der Waals surface area contributed by atoms with Crippen molar-refractivity contribution in [3.05, 3.63) is 0 Å². The van der Waals surface area contributed by atoms with Gasteiger partial charge < -0.3 is 15.0 Å². The van der Waals surface area contributed by atoms with E-state index in [1.165, 1.54) is 25.7 Å². The number of aromatic nitrogens is 3. The third-order valence-corrected chi connectivity index (χ3v) is 3.64. The second-order valence-electron chi connectivity index (χ2n) is 5.66. The van der Waals surface area contributed by atoms with E-state index in [4.69, 9.17) is 4.74 Å². The molecule has 0 saturated heterocycles. The first-order chi connectivity index (χ1) is 10.1. The molecule has 1 N–H and O–H groups in total. The van der Waals surface area contributed by atoms with Gasteiger partial charge in [-0.15, -0.1) is 0 Å². The van der Waals surface area contributed by atoms with Crippen LogP contribution in [0, 0.1) is 0 Å². The molecule has 6 nitrogen and oxygen atoms in total. The SMILES string of the molecule is CCNc1nc(OC(C)C)nc(N(CC)C2CCCC2)n1. The van der Waals surface area contributed by atoms with Crippen molar-refractivity contribution in [2.75, 3.05) is 23.3 Å². The van der Waals surface area contributed by atoms with Gasteiger partial charge in [-0.1, -0.05) is 12.8 Å². The quantitative estimate of drug-likeness (QED) is 0.834. The normalized spacial score (nSPS) is 15.5. The summed E-state index contributed by atoms with van der Waals surface area (Å²) in [7, 11) is 0. The Bertz CT molecular complexity index is 446. The second kappa shape index (κ2) is 7.43. The minimum absolute atomic E-state index is 0.0521. The van der Waals surface area contributed by atoms with Gasteiger partial charge in [-0.2, -0.15) is 15.0 Å². The van der Waals surface area contributed by atoms with Gasteiger partial charge in [0, 0.05) is 19.1 Å². The number of hydrogen-bond donors (Lipinski definition) is 1. The summed E-state index contributed by atoms with van der Waals surface area (Å²) in [6.45, 7) is 9.82. The van der Waals surface area contributed by atoms with Crippen LogP contribution in [0.5, 0.6) is 6.01 Å². The van der Waals surface area contributed by atoms with Gasteiger partial charge in [-0.25, -0.2) is 0 Å². The molecule has 1 heterocycles. The number of anilines is 2. The molecule has 1 aromatic heterocycles. The van der Waals surface area contributed by atoms with Crippen LogP contribution < -0.4 is 15.0 Å². The van der Waals surface area contributed by atoms with Gasteiger partial charge >= 0.3 is 6.01 Å². The van der Waals surface area contributed by atoms with E-state index in [9.17, 15) is 0 Å². The van der Waals surface area contributed by atoms with Crippen LogP contribution in [-0.4, -0.2) is 40.2 Å². The monoisotopic (exact) mass is 293 g/mol. The summed E-state index contributed by atoms with van der Waals surface area (Å²) in [4.78, 5) is 15.7. The molecule has 0 aliphatic heterocycles. The maximum atomic E-state index is 5.67. The van der Waals surface area contributed by atoms with Gasteiger partial charge in [0.25, 0.3) is 0 Å². The van der Waals surface area contributed by atoms with Crippen molar-refractivity contribution < 1.29 is 4.74 Å². The van der Waals surface area contributed by atoms with Crippen molar-refractivity contribution in [2.45, 2.75) is 65.5 Å². The van der Waals surface area contributed by atoms with Crippen LogP contribution in [-0.2, 0) is 0 Å². The number of nitrogens with one attached hydrogen (secondary N) is 1. The van der Waals surface area contributed by atoms with Crippen LogP contribution in [0.25, 0.3) is 0 Å². The average Bonchev–Trinajstić information content (AvgIpc) is 2.93. The first-order valence-electron chi connectivity index (χ1n) is 8.07. The van der Waals surface area contributed by atoms with Crippen molar-refractivity contribution >= 4 is 11.9 Å². The molecular formula is C15H27N5O. The predicted octanol–water partition coefficient (Wildman–Crippen LogP) is 2.86. The van der Waals surface area contributed by atoms with Crippen LogP contribution in [0.3, 0.4) is 0 Å². The maximum absolute atomic E-state index is 5.67. The molecule has 118 valence electrons. The lowest BCUT2D eigenvalue weighted by atomic mass is 10.2. The molecule has 2 rings (SSSR count). The Kier molecular flexibility index (Phi) is 5.59. The van der Waals surface area contributed by atoms with Crippen molar-refractivity contribution in [3.8, 4) is 6.01 Å². The number of hydrogen-bond acceptors (Lipinski definition) is 6. The van der Waals surface area contributed by atoms with Crippen molar-refractivity contribution in [3.63, 3.8) is 0 Å². The molecule has 0 bridgehead atoms. The molecular weight excluding hydrogens is 266 g/mol. The highest BCUT2D eigenvalue weighted by atomic mass is 16.5. The van der Waals surface area contributed by atoms with Gasteiger partial charge in [0.05, 0.1) is 6.10 Å². The van der Waals surface area contributed by atoms with E-state index in [1.54, 1.807) is 0 Å². The van der Waals surface area contributed by atoms with Crippen molar-refractivity contribution in [1.82, 2.24) is 15.0 Å². The lowest BCUT2D eigenvalue weighted by molar-refractivity contribution is 0.222. The third kappa shape index (κ3) is 4.19. The summed E-state index contributed by atoms with van der Waals surface area (Å²) >= 11 is 0. The standard InChI is InChI=1S/C15H27N5O/c1-5-16-13-17-14(19-15(18-13)21-11(3)4)20(6-2)12-9-7-8-10-12/h11-12H,5-10H2,1-4H3,(H,16,17,18,19). The molecule has 1 fully saturated rings. The van der Waals surface area contributed by atoms with Gasteiger partial charge in [-0.3, -0.25) is 0 Å². The maximum Gasteiger partial charge on any atom is 0.323 e. The van der Waals surface area contributed by atoms with Crippen LogP contribution in [0.15, 0.2) is 0 Å². The predicted molar refractivity (Wildman–Crippen MR) is 85.0 cm³/mol. The molecule has 1 saturated carbocycles. The molecule has 0 spiro atoms. The summed E-state index contributed by atoms with van der Waals surface area (Å²) < 4.78 is 5.67. The fraction of sp³-hybridized carbons (Fsp3) is 0.800. The van der Waals surface area contributed by atoms with E-state index in [1.807, 2.05) is 20.8 Å². The smallest absolute Gasteiger partial charge is 0.323 e. The lowest BCUT2D eigenvalue weighted by Gasteiger charge is -2.28. The lowest BCUT2D eigenvalue weighted by Crippen LogP contribution is -2.35. The van der Waals surface area contributed by atoms with Crippen molar-refractivity contribution in [2.24, 2.45) is 0 Å². The molecule has 0 amide bonds. The summed E-state index contributed by atoms with van der Waals surface area (Å²) in [6.07, 6.45) is 5.08. The average molecular weight is 293 g/mol. The highest BCUT2D eigenvalue weighted by molar-refractivity contribution is 5.39. The fourth-order valence-corrected chi connectivity index (χ4v) is 2.75. The van der Waals surface area contributed by atoms with Gasteiger partial charge in [0.1, 0.15) is 0 Å². The van der Waals surface area contributed by atoms with Crippen LogP contribution >= 0.6 is 0 Å². The summed E-state index contributed by atoms with van der Waals surface area (Å²) in [5.74, 6) is 1.32. The molecule has 0 radical (unpaired) electrons. The summed E-state index contributed by atoms with van der Waals surface area (Å²) in [5.41, 5.74) is 0. The third-order valence-electron chi connectivity index (χ3n) is 3.64. The zero-order valence-electron chi connectivity index (χ0n) is 13.6. The van der Waals surface area contributed by atoms with E-state index in [0.717, 1.165) is 19.0 Å². The molecule has 21 heavy (non-hydrogen) atoms. The van der Waals surface area contributed by atoms with E-state index in [2.05, 4.69) is 32.1 Å². The van der Waals surface area contributed by atoms with Crippen LogP contribution in [0.2, 0.25) is 0 Å². The van der Waals surface area contributed by atoms with Gasteiger partial charge in [0.2, 0.25) is 11.9 Å². The second-order valence-corrected chi connectivity index (χ2v) is 5.66. The summed E-state index contributed by atoms with van der Waals surface area (Å²) in [6, 6.07) is 0.946. The van der Waals surface area contributed by atoms with E-state index >= 15 is 0 Å². The first kappa shape index (κ1) is 15.8. The van der Waals surface area contributed by atoms with Gasteiger partial charge in [-0.05, 0) is 40.5 Å². The molecule has 1 aromatic rings. The molecule has 0 unspecified atom stereocenters. The minimum atomic E-state index is 0.0521. The Morgan fingerprint density at radius 1 is 1.19 bits per heavy atom. The number of ether oxygens (including phenoxy) is 1. The fourth-order valence-electron chi connectivity index (χ4n) is 2.75. The van der Waals surface area contributed by atoms with Crippen molar-refractivity contribution in [1.29, 1.82) is 0 Å². The number of rotatable bonds is 7. The van der Waals surface area contributed by atoms with Gasteiger partial charge in [0.15, 0.2) is 0 Å². The Balaban J connectivity index is 2.28. The highest BCUT2D eigenvalue weighted by Gasteiger charge is 2.24. The zero-order chi connectivity index (χ0) is 15.2. The molecule has 0 atom stereocenters. The topological polar surface area (TPSA) is 63.2 Å². The largest absolute Gasteiger partial charge is 0.461 e. The van der Waals surface area contributed by atoms with E-state index in [-0.39, 0.29) is 6.10 Å². The van der Waals surface area contributed by atoms with E-state index < -0.39 is 0 Å². The highest BCUT2D eigenvalue weighted by Crippen LogP contribution is 2.27. The molecule has 6 heteroatoms. The Labute approximate surface area is 127 Å². The van der Waals surface area contributed by atoms with Crippen LogP contribution in [0.4, 0.5) is 11.9 Å². The summed E-state index contributed by atoms with van der Waals surface area (Å²) in [5, 5.41) is 3.16. The zero-order valence-corrected chi connectivity index (χ0v) is 13.6. The first-order valence-corrected chi connectivity index (χ1v) is 8.07. The Hall–Kier alpha value is -1.59. The molecule has 0 aromatic carbocycles. The Morgan fingerprint density at radius 2 is 1.90 bits per heavy atom. The van der Waals surface area contributed by atoms with E-state index in [0.29, 0.717) is 18.0 Å². The molecule has 1 aliphatic rings. The Morgan fingerprint density at radius 3 is 2.48 bits per heavy atom.